The van der Waals surface area contributed by atoms with Gasteiger partial charge in [-0.15, -0.1) is 0 Å². The highest BCUT2D eigenvalue weighted by molar-refractivity contribution is 9.10. The lowest BCUT2D eigenvalue weighted by Crippen LogP contribution is -1.96. The molecule has 0 saturated carbocycles. The van der Waals surface area contributed by atoms with Gasteiger partial charge in [0.15, 0.2) is 4.77 Å². The molecule has 1 N–H and O–H groups in total. The summed E-state index contributed by atoms with van der Waals surface area (Å²) in [7, 11) is 0. The second-order valence-corrected chi connectivity index (χ2v) is 5.58. The standard InChI is InChI=1S/C14H10BrFN2S/c1-8-4-2-3-5-12(8)18-13-7-10(16)9(15)6-11(13)17-14(18)19/h2-7H,1H3,(H,17,19). The van der Waals surface area contributed by atoms with Crippen LogP contribution in [-0.2, 0) is 0 Å². The number of para-hydroxylation sites is 1. The first-order valence-corrected chi connectivity index (χ1v) is 6.94. The summed E-state index contributed by atoms with van der Waals surface area (Å²) in [6.07, 6.45) is 0. The van der Waals surface area contributed by atoms with Crippen LogP contribution >= 0.6 is 28.1 Å². The van der Waals surface area contributed by atoms with Gasteiger partial charge in [-0.25, -0.2) is 4.39 Å². The molecule has 0 radical (unpaired) electrons. The van der Waals surface area contributed by atoms with Crippen molar-refractivity contribution in [3.63, 3.8) is 0 Å². The number of H-pyrrole nitrogens is 1. The smallest absolute Gasteiger partial charge is 0.182 e. The molecule has 5 heteroatoms. The predicted molar refractivity (Wildman–Crippen MR) is 80.9 cm³/mol. The van der Waals surface area contributed by atoms with Crippen molar-refractivity contribution in [2.24, 2.45) is 0 Å². The molecule has 2 nitrogen and oxygen atoms in total. The maximum atomic E-state index is 13.7. The van der Waals surface area contributed by atoms with Crippen LogP contribution in [0.25, 0.3) is 16.7 Å². The van der Waals surface area contributed by atoms with Crippen LogP contribution in [0.15, 0.2) is 40.9 Å². The molecule has 0 aliphatic carbocycles. The van der Waals surface area contributed by atoms with Crippen molar-refractivity contribution in [1.82, 2.24) is 9.55 Å². The Morgan fingerprint density at radius 2 is 2.00 bits per heavy atom. The molecule has 2 aromatic carbocycles. The molecule has 96 valence electrons. The molecule has 3 rings (SSSR count). The fourth-order valence-corrected chi connectivity index (χ4v) is 2.81. The molecule has 1 aromatic heterocycles. The first-order valence-electron chi connectivity index (χ1n) is 5.73. The molecule has 0 spiro atoms. The summed E-state index contributed by atoms with van der Waals surface area (Å²) in [6, 6.07) is 11.1. The molecule has 0 aliphatic heterocycles. The van der Waals surface area contributed by atoms with Crippen LogP contribution in [0.5, 0.6) is 0 Å². The number of aromatic nitrogens is 2. The van der Waals surface area contributed by atoms with E-state index in [0.717, 1.165) is 22.3 Å². The largest absolute Gasteiger partial charge is 0.330 e. The summed E-state index contributed by atoms with van der Waals surface area (Å²) in [5.74, 6) is -0.302. The van der Waals surface area contributed by atoms with Crippen LogP contribution in [0.4, 0.5) is 4.39 Å². The molecule has 0 saturated heterocycles. The van der Waals surface area contributed by atoms with Gasteiger partial charge in [0.1, 0.15) is 5.82 Å². The minimum Gasteiger partial charge on any atom is -0.330 e. The van der Waals surface area contributed by atoms with Crippen molar-refractivity contribution >= 4 is 39.2 Å². The van der Waals surface area contributed by atoms with Crippen LogP contribution in [0.1, 0.15) is 5.56 Å². The van der Waals surface area contributed by atoms with E-state index < -0.39 is 0 Å². The van der Waals surface area contributed by atoms with Gasteiger partial charge < -0.3 is 4.98 Å². The molecule has 0 bridgehead atoms. The molecule has 3 aromatic rings. The van der Waals surface area contributed by atoms with Crippen molar-refractivity contribution in [3.05, 3.63) is 57.0 Å². The second-order valence-electron chi connectivity index (χ2n) is 4.34. The maximum absolute atomic E-state index is 13.7. The number of hydrogen-bond acceptors (Lipinski definition) is 1. The molecular weight excluding hydrogens is 327 g/mol. The summed E-state index contributed by atoms with van der Waals surface area (Å²) in [5.41, 5.74) is 3.59. The number of aryl methyl sites for hydroxylation is 1. The van der Waals surface area contributed by atoms with E-state index in [1.807, 2.05) is 35.8 Å². The third-order valence-electron chi connectivity index (χ3n) is 3.08. The Morgan fingerprint density at radius 3 is 2.74 bits per heavy atom. The zero-order chi connectivity index (χ0) is 13.6. The van der Waals surface area contributed by atoms with E-state index in [2.05, 4.69) is 20.9 Å². The van der Waals surface area contributed by atoms with Crippen molar-refractivity contribution in [2.75, 3.05) is 0 Å². The zero-order valence-electron chi connectivity index (χ0n) is 10.1. The molecule has 0 atom stereocenters. The van der Waals surface area contributed by atoms with E-state index in [0.29, 0.717) is 9.24 Å². The highest BCUT2D eigenvalue weighted by atomic mass is 79.9. The van der Waals surface area contributed by atoms with Gasteiger partial charge in [-0.05, 0) is 52.8 Å². The topological polar surface area (TPSA) is 20.7 Å². The van der Waals surface area contributed by atoms with Crippen molar-refractivity contribution in [3.8, 4) is 5.69 Å². The van der Waals surface area contributed by atoms with Gasteiger partial charge in [-0.3, -0.25) is 4.57 Å². The minimum atomic E-state index is -0.302. The molecule has 19 heavy (non-hydrogen) atoms. The lowest BCUT2D eigenvalue weighted by molar-refractivity contribution is 0.622. The average Bonchev–Trinajstić information content (AvgIpc) is 2.66. The van der Waals surface area contributed by atoms with Crippen LogP contribution in [0, 0.1) is 17.5 Å². The van der Waals surface area contributed by atoms with Crippen LogP contribution < -0.4 is 0 Å². The Morgan fingerprint density at radius 1 is 1.26 bits per heavy atom. The lowest BCUT2D eigenvalue weighted by Gasteiger charge is -2.08. The Kier molecular flexibility index (Phi) is 3.03. The third kappa shape index (κ3) is 2.03. The summed E-state index contributed by atoms with van der Waals surface area (Å²) < 4.78 is 16.6. The highest BCUT2D eigenvalue weighted by Crippen LogP contribution is 2.26. The normalized spacial score (nSPS) is 11.1. The molecule has 1 heterocycles. The third-order valence-corrected chi connectivity index (χ3v) is 3.97. The van der Waals surface area contributed by atoms with Crippen molar-refractivity contribution < 1.29 is 4.39 Å². The number of nitrogens with one attached hydrogen (secondary N) is 1. The van der Waals surface area contributed by atoms with Gasteiger partial charge in [-0.2, -0.15) is 0 Å². The van der Waals surface area contributed by atoms with Crippen LogP contribution in [0.3, 0.4) is 0 Å². The van der Waals surface area contributed by atoms with E-state index >= 15 is 0 Å². The zero-order valence-corrected chi connectivity index (χ0v) is 12.5. The Labute approximate surface area is 123 Å². The van der Waals surface area contributed by atoms with Gasteiger partial charge in [0.25, 0.3) is 0 Å². The summed E-state index contributed by atoms with van der Waals surface area (Å²) >= 11 is 8.53. The monoisotopic (exact) mass is 336 g/mol. The molecule has 0 unspecified atom stereocenters. The summed E-state index contributed by atoms with van der Waals surface area (Å²) in [6.45, 7) is 2.01. The van der Waals surface area contributed by atoms with Crippen molar-refractivity contribution in [1.29, 1.82) is 0 Å². The number of fused-ring (bicyclic) bond motifs is 1. The van der Waals surface area contributed by atoms with Crippen molar-refractivity contribution in [2.45, 2.75) is 6.92 Å². The molecule has 0 amide bonds. The Balaban J connectivity index is 2.42. The van der Waals surface area contributed by atoms with Gasteiger partial charge in [0, 0.05) is 6.07 Å². The van der Waals surface area contributed by atoms with E-state index in [-0.39, 0.29) is 5.82 Å². The number of aromatic amines is 1. The molecular formula is C14H10BrFN2S. The van der Waals surface area contributed by atoms with E-state index in [4.69, 9.17) is 12.2 Å². The van der Waals surface area contributed by atoms with E-state index in [1.54, 1.807) is 6.07 Å². The minimum absolute atomic E-state index is 0.302. The van der Waals surface area contributed by atoms with Gasteiger partial charge in [0.05, 0.1) is 21.2 Å². The fraction of sp³-hybridized carbons (Fsp3) is 0.0714. The summed E-state index contributed by atoms with van der Waals surface area (Å²) in [4.78, 5) is 3.10. The number of rotatable bonds is 1. The van der Waals surface area contributed by atoms with Gasteiger partial charge in [0.2, 0.25) is 0 Å². The fourth-order valence-electron chi connectivity index (χ4n) is 2.16. The predicted octanol–water partition coefficient (Wildman–Crippen LogP) is 4.90. The van der Waals surface area contributed by atoms with Crippen LogP contribution in [-0.4, -0.2) is 9.55 Å². The summed E-state index contributed by atoms with van der Waals surface area (Å²) in [5, 5.41) is 0. The number of benzene rings is 2. The first-order chi connectivity index (χ1) is 9.08. The quantitative estimate of drug-likeness (QED) is 0.627. The molecule has 0 aliphatic rings. The van der Waals surface area contributed by atoms with E-state index in [9.17, 15) is 4.39 Å². The number of halogens is 2. The Hall–Kier alpha value is -1.46. The SMILES string of the molecule is Cc1ccccc1-n1c(=S)[nH]c2cc(Br)c(F)cc21. The second kappa shape index (κ2) is 4.58. The number of nitrogens with zero attached hydrogens (tertiary/aromatic N) is 1. The lowest BCUT2D eigenvalue weighted by atomic mass is 10.2. The first kappa shape index (κ1) is 12.6. The average molecular weight is 337 g/mol. The number of imidazole rings is 1. The van der Waals surface area contributed by atoms with Crippen LogP contribution in [0.2, 0.25) is 0 Å². The number of hydrogen-bond donors (Lipinski definition) is 1. The Bertz CT molecular complexity index is 835. The van der Waals surface area contributed by atoms with Gasteiger partial charge >= 0.3 is 0 Å². The highest BCUT2D eigenvalue weighted by Gasteiger charge is 2.11. The maximum Gasteiger partial charge on any atom is 0.182 e. The molecule has 0 fully saturated rings. The van der Waals surface area contributed by atoms with E-state index in [1.165, 1.54) is 6.07 Å². The van der Waals surface area contributed by atoms with Gasteiger partial charge in [-0.1, -0.05) is 18.2 Å².